The van der Waals surface area contributed by atoms with Crippen LogP contribution in [-0.2, 0) is 0 Å². The van der Waals surface area contributed by atoms with E-state index in [0.717, 1.165) is 25.2 Å². The molecule has 4 rings (SSSR count). The third-order valence-electron chi connectivity index (χ3n) is 5.17. The zero-order chi connectivity index (χ0) is 19.3. The minimum atomic E-state index is -0.0790. The molecule has 0 radical (unpaired) electrons. The Morgan fingerprint density at radius 3 is 2.68 bits per heavy atom. The van der Waals surface area contributed by atoms with Gasteiger partial charge in [0.25, 0.3) is 5.91 Å². The van der Waals surface area contributed by atoms with Gasteiger partial charge in [-0.25, -0.2) is 0 Å². The number of likely N-dealkylation sites (tertiary alicyclic amines) is 1. The predicted octanol–water partition coefficient (Wildman–Crippen LogP) is 3.66. The maximum absolute atomic E-state index is 12.5. The third-order valence-corrected chi connectivity index (χ3v) is 5.40. The molecule has 0 aliphatic carbocycles. The normalized spacial score (nSPS) is 15.5. The van der Waals surface area contributed by atoms with Gasteiger partial charge in [0.05, 0.1) is 0 Å². The Bertz CT molecular complexity index is 962. The Kier molecular flexibility index (Phi) is 5.88. The van der Waals surface area contributed by atoms with Gasteiger partial charge in [-0.3, -0.25) is 9.20 Å². The molecule has 2 aromatic heterocycles. The number of nitrogens with one attached hydrogen (secondary N) is 1. The van der Waals surface area contributed by atoms with Crippen molar-refractivity contribution < 1.29 is 4.79 Å². The molecular weight excluding hydrogens is 374 g/mol. The second kappa shape index (κ2) is 8.71. The first-order valence-corrected chi connectivity index (χ1v) is 10.2. The lowest BCUT2D eigenvalue weighted by atomic mass is 10.2. The first-order chi connectivity index (χ1) is 13.7. The number of pyridine rings is 1. The van der Waals surface area contributed by atoms with Crippen molar-refractivity contribution in [2.75, 3.05) is 26.2 Å². The molecule has 3 heterocycles. The van der Waals surface area contributed by atoms with E-state index in [1.165, 1.54) is 25.7 Å². The van der Waals surface area contributed by atoms with Gasteiger partial charge in [0, 0.05) is 35.4 Å². The highest BCUT2D eigenvalue weighted by Gasteiger charge is 2.13. The topological polar surface area (TPSA) is 62.5 Å². The van der Waals surface area contributed by atoms with Gasteiger partial charge in [-0.1, -0.05) is 36.6 Å². The number of halogens is 1. The van der Waals surface area contributed by atoms with Gasteiger partial charge in [-0.15, -0.1) is 10.2 Å². The van der Waals surface area contributed by atoms with Gasteiger partial charge in [-0.05, 0) is 50.2 Å². The maximum atomic E-state index is 12.5. The van der Waals surface area contributed by atoms with Crippen LogP contribution in [0, 0.1) is 0 Å². The molecule has 6 nitrogen and oxygen atoms in total. The number of fused-ring (bicyclic) bond motifs is 1. The summed E-state index contributed by atoms with van der Waals surface area (Å²) in [6.45, 7) is 3.82. The Morgan fingerprint density at radius 2 is 1.89 bits per heavy atom. The highest BCUT2D eigenvalue weighted by molar-refractivity contribution is 6.30. The van der Waals surface area contributed by atoms with Crippen LogP contribution in [0.15, 0.2) is 42.6 Å². The first-order valence-electron chi connectivity index (χ1n) is 9.82. The molecule has 1 aromatic carbocycles. The fraction of sp³-hybridized carbons (Fsp3) is 0.381. The summed E-state index contributed by atoms with van der Waals surface area (Å²) in [6.07, 6.45) is 6.98. The van der Waals surface area contributed by atoms with Crippen molar-refractivity contribution in [1.82, 2.24) is 24.8 Å². The fourth-order valence-corrected chi connectivity index (χ4v) is 3.84. The monoisotopic (exact) mass is 397 g/mol. The van der Waals surface area contributed by atoms with E-state index in [-0.39, 0.29) is 5.91 Å². The minimum Gasteiger partial charge on any atom is -0.351 e. The average Bonchev–Trinajstić information content (AvgIpc) is 2.95. The molecule has 1 aliphatic heterocycles. The number of nitrogens with zero attached hydrogens (tertiary/aromatic N) is 4. The summed E-state index contributed by atoms with van der Waals surface area (Å²) in [4.78, 5) is 15.0. The standard InChI is InChI=1S/C21H24ClN5O/c22-18-7-5-6-16(14-18)20-25-24-19-15-17(8-12-27(19)20)21(28)23-9-13-26-10-3-1-2-4-11-26/h5-8,12,14-15H,1-4,9-11,13H2,(H,23,28). The molecule has 0 unspecified atom stereocenters. The minimum absolute atomic E-state index is 0.0790. The summed E-state index contributed by atoms with van der Waals surface area (Å²) in [7, 11) is 0. The average molecular weight is 398 g/mol. The Hall–Kier alpha value is -2.44. The molecule has 1 saturated heterocycles. The van der Waals surface area contributed by atoms with Gasteiger partial charge in [0.15, 0.2) is 11.5 Å². The van der Waals surface area contributed by atoms with Gasteiger partial charge in [0.2, 0.25) is 0 Å². The van der Waals surface area contributed by atoms with Crippen molar-refractivity contribution in [3.05, 3.63) is 53.2 Å². The predicted molar refractivity (Wildman–Crippen MR) is 111 cm³/mol. The Balaban J connectivity index is 1.42. The number of amides is 1. The largest absolute Gasteiger partial charge is 0.351 e. The number of rotatable bonds is 5. The van der Waals surface area contributed by atoms with Gasteiger partial charge < -0.3 is 10.2 Å². The van der Waals surface area contributed by atoms with Crippen LogP contribution in [0.2, 0.25) is 5.02 Å². The molecule has 28 heavy (non-hydrogen) atoms. The van der Waals surface area contributed by atoms with Crippen LogP contribution < -0.4 is 5.32 Å². The summed E-state index contributed by atoms with van der Waals surface area (Å²) in [5, 5.41) is 12.1. The van der Waals surface area contributed by atoms with Crippen LogP contribution in [0.3, 0.4) is 0 Å². The zero-order valence-electron chi connectivity index (χ0n) is 15.8. The molecule has 1 N–H and O–H groups in total. The van der Waals surface area contributed by atoms with Gasteiger partial charge in [-0.2, -0.15) is 0 Å². The third kappa shape index (κ3) is 4.34. The van der Waals surface area contributed by atoms with Crippen LogP contribution >= 0.6 is 11.6 Å². The molecule has 1 aliphatic rings. The quantitative estimate of drug-likeness (QED) is 0.713. The highest BCUT2D eigenvalue weighted by Crippen LogP contribution is 2.22. The molecule has 0 bridgehead atoms. The van der Waals surface area contributed by atoms with Crippen molar-refractivity contribution in [3.8, 4) is 11.4 Å². The van der Waals surface area contributed by atoms with E-state index in [9.17, 15) is 4.79 Å². The first kappa shape index (κ1) is 18.9. The number of benzene rings is 1. The molecule has 1 fully saturated rings. The maximum Gasteiger partial charge on any atom is 0.251 e. The molecule has 7 heteroatoms. The van der Waals surface area contributed by atoms with Crippen LogP contribution in [-0.4, -0.2) is 51.6 Å². The van der Waals surface area contributed by atoms with Crippen molar-refractivity contribution in [2.24, 2.45) is 0 Å². The molecule has 0 saturated carbocycles. The number of hydrogen-bond acceptors (Lipinski definition) is 4. The lowest BCUT2D eigenvalue weighted by Crippen LogP contribution is -2.35. The molecule has 146 valence electrons. The fourth-order valence-electron chi connectivity index (χ4n) is 3.65. The Labute approximate surface area is 169 Å². The van der Waals surface area contributed by atoms with E-state index >= 15 is 0 Å². The molecule has 0 spiro atoms. The van der Waals surface area contributed by atoms with Crippen LogP contribution in [0.25, 0.3) is 17.0 Å². The number of aromatic nitrogens is 3. The molecular formula is C21H24ClN5O. The lowest BCUT2D eigenvalue weighted by Gasteiger charge is -2.19. The highest BCUT2D eigenvalue weighted by atomic mass is 35.5. The van der Waals surface area contributed by atoms with E-state index in [2.05, 4.69) is 20.4 Å². The second-order valence-corrected chi connectivity index (χ2v) is 7.63. The SMILES string of the molecule is O=C(NCCN1CCCCCC1)c1ccn2c(-c3cccc(Cl)c3)nnc2c1. The zero-order valence-corrected chi connectivity index (χ0v) is 16.5. The van der Waals surface area contributed by atoms with E-state index in [1.807, 2.05) is 34.9 Å². The van der Waals surface area contributed by atoms with Crippen LogP contribution in [0.4, 0.5) is 0 Å². The van der Waals surface area contributed by atoms with Crippen molar-refractivity contribution >= 4 is 23.2 Å². The summed E-state index contributed by atoms with van der Waals surface area (Å²) in [6, 6.07) is 11.1. The second-order valence-electron chi connectivity index (χ2n) is 7.19. The number of carbonyl (C=O) groups is 1. The van der Waals surface area contributed by atoms with Gasteiger partial charge in [0.1, 0.15) is 0 Å². The van der Waals surface area contributed by atoms with E-state index in [0.29, 0.717) is 28.6 Å². The van der Waals surface area contributed by atoms with E-state index in [4.69, 9.17) is 11.6 Å². The van der Waals surface area contributed by atoms with E-state index in [1.54, 1.807) is 12.1 Å². The van der Waals surface area contributed by atoms with Gasteiger partial charge >= 0.3 is 0 Å². The van der Waals surface area contributed by atoms with Crippen LogP contribution in [0.1, 0.15) is 36.0 Å². The summed E-state index contributed by atoms with van der Waals surface area (Å²) in [5.74, 6) is 0.621. The van der Waals surface area contributed by atoms with Crippen molar-refractivity contribution in [2.45, 2.75) is 25.7 Å². The molecule has 0 atom stereocenters. The number of carbonyl (C=O) groups excluding carboxylic acids is 1. The summed E-state index contributed by atoms with van der Waals surface area (Å²) >= 11 is 6.08. The summed E-state index contributed by atoms with van der Waals surface area (Å²) < 4.78 is 1.86. The number of hydrogen-bond donors (Lipinski definition) is 1. The van der Waals surface area contributed by atoms with Crippen molar-refractivity contribution in [1.29, 1.82) is 0 Å². The molecule has 1 amide bonds. The lowest BCUT2D eigenvalue weighted by molar-refractivity contribution is 0.0948. The van der Waals surface area contributed by atoms with E-state index < -0.39 is 0 Å². The molecule has 3 aromatic rings. The summed E-state index contributed by atoms with van der Waals surface area (Å²) in [5.41, 5.74) is 2.11. The van der Waals surface area contributed by atoms with Crippen molar-refractivity contribution in [3.63, 3.8) is 0 Å². The smallest absolute Gasteiger partial charge is 0.251 e. The Morgan fingerprint density at radius 1 is 1.07 bits per heavy atom. The van der Waals surface area contributed by atoms with Crippen LogP contribution in [0.5, 0.6) is 0 Å².